The van der Waals surface area contributed by atoms with Crippen molar-refractivity contribution in [2.45, 2.75) is 31.5 Å². The van der Waals surface area contributed by atoms with Crippen molar-refractivity contribution in [2.24, 2.45) is 10.9 Å². The number of carboxylic acid groups (broad SMARTS) is 1. The van der Waals surface area contributed by atoms with Crippen LogP contribution < -0.4 is 11.1 Å². The predicted molar refractivity (Wildman–Crippen MR) is 52.7 cm³/mol. The van der Waals surface area contributed by atoms with Crippen molar-refractivity contribution in [3.05, 3.63) is 0 Å². The van der Waals surface area contributed by atoms with E-state index in [1.807, 2.05) is 5.32 Å². The SMILES string of the molecule is N[C@@H](CCCCN/C(=N/O)C(F)(F)F)C(=O)O. The summed E-state index contributed by atoms with van der Waals surface area (Å²) in [7, 11) is 0. The van der Waals surface area contributed by atoms with Gasteiger partial charge in [0.05, 0.1) is 0 Å². The van der Waals surface area contributed by atoms with Gasteiger partial charge in [-0.05, 0) is 19.3 Å². The minimum atomic E-state index is -4.73. The molecule has 0 fully saturated rings. The van der Waals surface area contributed by atoms with E-state index in [2.05, 4.69) is 5.16 Å². The number of rotatable bonds is 6. The largest absolute Gasteiger partial charge is 0.480 e. The molecule has 0 rings (SSSR count). The second-order valence-corrected chi connectivity index (χ2v) is 3.31. The fourth-order valence-corrected chi connectivity index (χ4v) is 1.01. The highest BCUT2D eigenvalue weighted by molar-refractivity contribution is 5.86. The zero-order valence-electron chi connectivity index (χ0n) is 8.87. The molecule has 0 aromatic rings. The second kappa shape index (κ2) is 6.94. The lowest BCUT2D eigenvalue weighted by Crippen LogP contribution is -2.37. The molecule has 100 valence electrons. The van der Waals surface area contributed by atoms with Gasteiger partial charge in [-0.25, -0.2) is 0 Å². The first-order valence-corrected chi connectivity index (χ1v) is 4.80. The molecule has 0 aliphatic carbocycles. The molecule has 0 aliphatic heterocycles. The molecule has 0 heterocycles. The Morgan fingerprint density at radius 3 is 2.41 bits per heavy atom. The Bertz CT molecular complexity index is 281. The van der Waals surface area contributed by atoms with Crippen molar-refractivity contribution in [1.82, 2.24) is 5.32 Å². The van der Waals surface area contributed by atoms with Crippen LogP contribution in [-0.4, -0.2) is 40.9 Å². The number of hydrogen-bond acceptors (Lipinski definition) is 4. The average Bonchev–Trinajstić information content (AvgIpc) is 2.20. The highest BCUT2D eigenvalue weighted by Gasteiger charge is 2.36. The molecule has 9 heteroatoms. The molecule has 0 saturated carbocycles. The summed E-state index contributed by atoms with van der Waals surface area (Å²) in [5.41, 5.74) is 5.19. The molecule has 5 N–H and O–H groups in total. The number of alkyl halides is 3. The minimum Gasteiger partial charge on any atom is -0.480 e. The summed E-state index contributed by atoms with van der Waals surface area (Å²) in [5, 5.41) is 20.5. The molecule has 1 atom stereocenters. The van der Waals surface area contributed by atoms with Gasteiger partial charge in [0.1, 0.15) is 6.04 Å². The summed E-state index contributed by atoms with van der Waals surface area (Å²) >= 11 is 0. The number of unbranched alkanes of at least 4 members (excludes halogenated alkanes) is 1. The first-order chi connectivity index (χ1) is 7.79. The molecule has 0 amide bonds. The molecule has 0 unspecified atom stereocenters. The lowest BCUT2D eigenvalue weighted by atomic mass is 10.1. The van der Waals surface area contributed by atoms with Gasteiger partial charge in [0.25, 0.3) is 0 Å². The van der Waals surface area contributed by atoms with Crippen molar-refractivity contribution < 1.29 is 28.3 Å². The lowest BCUT2D eigenvalue weighted by Gasteiger charge is -2.11. The summed E-state index contributed by atoms with van der Waals surface area (Å²) in [6.45, 7) is -0.0781. The van der Waals surface area contributed by atoms with Crippen molar-refractivity contribution >= 4 is 11.8 Å². The van der Waals surface area contributed by atoms with Crippen LogP contribution in [0.25, 0.3) is 0 Å². The Balaban J connectivity index is 3.75. The smallest absolute Gasteiger partial charge is 0.452 e. The van der Waals surface area contributed by atoms with Crippen LogP contribution in [0.4, 0.5) is 13.2 Å². The van der Waals surface area contributed by atoms with Crippen LogP contribution in [0.15, 0.2) is 5.16 Å². The molecule has 6 nitrogen and oxygen atoms in total. The molecule has 0 spiro atoms. The van der Waals surface area contributed by atoms with Gasteiger partial charge in [0, 0.05) is 6.54 Å². The van der Waals surface area contributed by atoms with Gasteiger partial charge in [0.15, 0.2) is 0 Å². The van der Waals surface area contributed by atoms with E-state index in [1.165, 1.54) is 0 Å². The number of carboxylic acids is 1. The Labute approximate surface area is 95.3 Å². The van der Waals surface area contributed by atoms with Crippen LogP contribution in [0.5, 0.6) is 0 Å². The van der Waals surface area contributed by atoms with Crippen LogP contribution in [0.1, 0.15) is 19.3 Å². The number of hydrogen-bond donors (Lipinski definition) is 4. The number of nitrogens with zero attached hydrogens (tertiary/aromatic N) is 1. The fraction of sp³-hybridized carbons (Fsp3) is 0.750. The quantitative estimate of drug-likeness (QED) is 0.182. The van der Waals surface area contributed by atoms with E-state index >= 15 is 0 Å². The van der Waals surface area contributed by atoms with Gasteiger partial charge in [-0.15, -0.1) is 0 Å². The Morgan fingerprint density at radius 1 is 1.41 bits per heavy atom. The molecule has 0 aromatic heterocycles. The molecular weight excluding hydrogens is 243 g/mol. The Hall–Kier alpha value is -1.51. The van der Waals surface area contributed by atoms with Gasteiger partial charge in [-0.1, -0.05) is 5.16 Å². The molecule has 0 radical (unpaired) electrons. The summed E-state index contributed by atoms with van der Waals surface area (Å²) < 4.78 is 36.0. The zero-order valence-corrected chi connectivity index (χ0v) is 8.87. The van der Waals surface area contributed by atoms with Gasteiger partial charge in [-0.3, -0.25) is 4.79 Å². The summed E-state index contributed by atoms with van der Waals surface area (Å²) in [6, 6.07) is -1.01. The number of oxime groups is 1. The summed E-state index contributed by atoms with van der Waals surface area (Å²) in [6.07, 6.45) is -3.91. The zero-order chi connectivity index (χ0) is 13.5. The number of carbonyl (C=O) groups is 1. The molecule has 0 aliphatic rings. The molecule has 0 aromatic carbocycles. The monoisotopic (exact) mass is 257 g/mol. The third-order valence-electron chi connectivity index (χ3n) is 1.92. The maximum atomic E-state index is 12.0. The standard InChI is InChI=1S/C8H14F3N3O3/c9-8(10,11)7(14-17)13-4-2-1-3-5(12)6(15)16/h5,17H,1-4,12H2,(H,13,14)(H,15,16)/t5-/m0/s1. The van der Waals surface area contributed by atoms with Gasteiger partial charge in [0.2, 0.25) is 5.84 Å². The minimum absolute atomic E-state index is 0.0781. The third kappa shape index (κ3) is 6.61. The van der Waals surface area contributed by atoms with E-state index in [1.54, 1.807) is 0 Å². The first kappa shape index (κ1) is 15.5. The second-order valence-electron chi connectivity index (χ2n) is 3.31. The summed E-state index contributed by atoms with van der Waals surface area (Å²) in [5.74, 6) is -2.62. The van der Waals surface area contributed by atoms with Crippen LogP contribution in [0, 0.1) is 0 Å². The van der Waals surface area contributed by atoms with Crippen LogP contribution in [-0.2, 0) is 4.79 Å². The van der Waals surface area contributed by atoms with E-state index < -0.39 is 24.0 Å². The van der Waals surface area contributed by atoms with E-state index in [0.717, 1.165) is 0 Å². The number of amidine groups is 1. The van der Waals surface area contributed by atoms with E-state index in [0.29, 0.717) is 6.42 Å². The van der Waals surface area contributed by atoms with Crippen molar-refractivity contribution in [3.63, 3.8) is 0 Å². The van der Waals surface area contributed by atoms with E-state index in [-0.39, 0.29) is 19.4 Å². The number of aliphatic carboxylic acids is 1. The van der Waals surface area contributed by atoms with Crippen LogP contribution in [0.2, 0.25) is 0 Å². The maximum Gasteiger partial charge on any atom is 0.452 e. The van der Waals surface area contributed by atoms with Crippen LogP contribution in [0.3, 0.4) is 0 Å². The summed E-state index contributed by atoms with van der Waals surface area (Å²) in [4.78, 5) is 10.3. The topological polar surface area (TPSA) is 108 Å². The van der Waals surface area contributed by atoms with Gasteiger partial charge < -0.3 is 21.4 Å². The molecular formula is C8H14F3N3O3. The van der Waals surface area contributed by atoms with Crippen molar-refractivity contribution in [2.75, 3.05) is 6.54 Å². The van der Waals surface area contributed by atoms with Crippen molar-refractivity contribution in [1.29, 1.82) is 0 Å². The molecule has 17 heavy (non-hydrogen) atoms. The highest BCUT2D eigenvalue weighted by Crippen LogP contribution is 2.15. The number of halogens is 3. The molecule has 0 saturated heterocycles. The molecule has 0 bridgehead atoms. The maximum absolute atomic E-state index is 12.0. The normalized spacial score (nSPS) is 14.5. The van der Waals surface area contributed by atoms with Gasteiger partial charge >= 0.3 is 12.1 Å². The lowest BCUT2D eigenvalue weighted by molar-refractivity contribution is -0.138. The van der Waals surface area contributed by atoms with E-state index in [9.17, 15) is 18.0 Å². The fourth-order valence-electron chi connectivity index (χ4n) is 1.01. The Kier molecular flexibility index (Phi) is 6.33. The average molecular weight is 257 g/mol. The third-order valence-corrected chi connectivity index (χ3v) is 1.92. The highest BCUT2D eigenvalue weighted by atomic mass is 19.4. The first-order valence-electron chi connectivity index (χ1n) is 4.80. The van der Waals surface area contributed by atoms with E-state index in [4.69, 9.17) is 16.0 Å². The number of nitrogens with two attached hydrogens (primary N) is 1. The van der Waals surface area contributed by atoms with Crippen LogP contribution >= 0.6 is 0 Å². The predicted octanol–water partition coefficient (Wildman–Crippen LogP) is 0.508. The van der Waals surface area contributed by atoms with Crippen molar-refractivity contribution in [3.8, 4) is 0 Å². The number of nitrogens with one attached hydrogen (secondary N) is 1. The Morgan fingerprint density at radius 2 is 2.00 bits per heavy atom. The van der Waals surface area contributed by atoms with Gasteiger partial charge in [-0.2, -0.15) is 13.2 Å².